The molecule has 0 saturated carbocycles. The topological polar surface area (TPSA) is 90.9 Å². The molecule has 1 aliphatic heterocycles. The third kappa shape index (κ3) is 4.63. The third-order valence-corrected chi connectivity index (χ3v) is 4.11. The normalized spacial score (nSPS) is 15.6. The fourth-order valence-electron chi connectivity index (χ4n) is 2.66. The summed E-state index contributed by atoms with van der Waals surface area (Å²) in [5, 5.41) is 2.52. The summed E-state index contributed by atoms with van der Waals surface area (Å²) >= 11 is 3.38. The molecule has 0 bridgehead atoms. The number of hydrogen-bond donors (Lipinski definition) is 1. The van der Waals surface area contributed by atoms with Gasteiger partial charge in [-0.3, -0.25) is 14.9 Å². The number of esters is 2. The van der Waals surface area contributed by atoms with Crippen LogP contribution in [0.4, 0.5) is 0 Å². The Kier molecular flexibility index (Phi) is 6.79. The molecule has 26 heavy (non-hydrogen) atoms. The molecule has 0 aliphatic carbocycles. The lowest BCUT2D eigenvalue weighted by molar-refractivity contribution is -0.143. The Morgan fingerprint density at radius 2 is 1.88 bits per heavy atom. The summed E-state index contributed by atoms with van der Waals surface area (Å²) < 4.78 is 16.6. The van der Waals surface area contributed by atoms with E-state index in [1.807, 2.05) is 0 Å². The molecule has 1 aliphatic rings. The Morgan fingerprint density at radius 1 is 1.19 bits per heavy atom. The predicted molar refractivity (Wildman–Crippen MR) is 96.2 cm³/mol. The molecule has 1 heterocycles. The summed E-state index contributed by atoms with van der Waals surface area (Å²) in [5.41, 5.74) is 0.713. The minimum absolute atomic E-state index is 0.0277. The van der Waals surface area contributed by atoms with Crippen LogP contribution in [-0.4, -0.2) is 31.1 Å². The van der Waals surface area contributed by atoms with Crippen LogP contribution in [0.15, 0.2) is 34.1 Å². The average Bonchev–Trinajstić information content (AvgIpc) is 2.55. The summed E-state index contributed by atoms with van der Waals surface area (Å²) in [6.07, 6.45) is -0.0854. The van der Waals surface area contributed by atoms with E-state index in [0.717, 1.165) is 4.47 Å². The lowest BCUT2D eigenvalue weighted by atomic mass is 9.86. The fraction of sp³-hybridized carbons (Fsp3) is 0.389. The molecular formula is C18H20BrNO6. The maximum Gasteiger partial charge on any atom is 0.340 e. The van der Waals surface area contributed by atoms with Crippen LogP contribution in [0.5, 0.6) is 5.75 Å². The zero-order valence-electron chi connectivity index (χ0n) is 14.8. The van der Waals surface area contributed by atoms with Crippen molar-refractivity contribution in [3.05, 3.63) is 39.7 Å². The lowest BCUT2D eigenvalue weighted by Crippen LogP contribution is -2.33. The van der Waals surface area contributed by atoms with Gasteiger partial charge in [-0.25, -0.2) is 4.79 Å². The predicted octanol–water partition coefficient (Wildman–Crippen LogP) is 2.79. The van der Waals surface area contributed by atoms with Gasteiger partial charge in [-0.05, 0) is 32.0 Å². The van der Waals surface area contributed by atoms with E-state index < -0.39 is 23.8 Å². The first-order chi connectivity index (χ1) is 12.4. The van der Waals surface area contributed by atoms with Gasteiger partial charge in [0.1, 0.15) is 11.3 Å². The number of ether oxygens (including phenoxy) is 3. The molecule has 1 amide bonds. The highest BCUT2D eigenvalue weighted by Crippen LogP contribution is 2.42. The van der Waals surface area contributed by atoms with Gasteiger partial charge in [-0.15, -0.1) is 0 Å². The Hall–Kier alpha value is -2.35. The first-order valence-corrected chi connectivity index (χ1v) is 8.98. The standard InChI is InChI=1S/C18H20BrNO6/c1-4-24-15(22)9-13-12-8-11(19)6-7-14(12)26-17(20-10(3)21)16(13)18(23)25-5-2/h6-8,13H,4-5,9H2,1-3H3,(H,20,21). The monoisotopic (exact) mass is 425 g/mol. The van der Waals surface area contributed by atoms with Crippen molar-refractivity contribution in [2.45, 2.75) is 33.1 Å². The largest absolute Gasteiger partial charge is 0.466 e. The highest BCUT2D eigenvalue weighted by molar-refractivity contribution is 9.10. The highest BCUT2D eigenvalue weighted by Gasteiger charge is 2.37. The van der Waals surface area contributed by atoms with Crippen molar-refractivity contribution in [2.75, 3.05) is 13.2 Å². The van der Waals surface area contributed by atoms with Crippen LogP contribution in [0.25, 0.3) is 0 Å². The van der Waals surface area contributed by atoms with Crippen LogP contribution >= 0.6 is 15.9 Å². The van der Waals surface area contributed by atoms with E-state index in [4.69, 9.17) is 14.2 Å². The minimum atomic E-state index is -0.670. The van der Waals surface area contributed by atoms with E-state index in [1.54, 1.807) is 32.0 Å². The first-order valence-electron chi connectivity index (χ1n) is 8.19. The maximum atomic E-state index is 12.6. The molecular weight excluding hydrogens is 406 g/mol. The Labute approximate surface area is 159 Å². The zero-order valence-corrected chi connectivity index (χ0v) is 16.3. The second kappa shape index (κ2) is 8.84. The number of amides is 1. The number of fused-ring (bicyclic) bond motifs is 1. The van der Waals surface area contributed by atoms with E-state index in [2.05, 4.69) is 21.2 Å². The van der Waals surface area contributed by atoms with Gasteiger partial charge < -0.3 is 14.2 Å². The second-order valence-corrected chi connectivity index (χ2v) is 6.41. The maximum absolute atomic E-state index is 12.6. The molecule has 2 rings (SSSR count). The van der Waals surface area contributed by atoms with Crippen molar-refractivity contribution >= 4 is 33.8 Å². The minimum Gasteiger partial charge on any atom is -0.466 e. The van der Waals surface area contributed by atoms with Gasteiger partial charge in [0.05, 0.1) is 19.6 Å². The summed E-state index contributed by atoms with van der Waals surface area (Å²) in [6, 6.07) is 5.23. The van der Waals surface area contributed by atoms with Crippen molar-refractivity contribution in [1.82, 2.24) is 5.32 Å². The summed E-state index contributed by atoms with van der Waals surface area (Å²) in [7, 11) is 0. The molecule has 7 nitrogen and oxygen atoms in total. The summed E-state index contributed by atoms with van der Waals surface area (Å²) in [6.45, 7) is 5.05. The van der Waals surface area contributed by atoms with Crippen molar-refractivity contribution in [3.8, 4) is 5.75 Å². The Morgan fingerprint density at radius 3 is 2.50 bits per heavy atom. The van der Waals surface area contributed by atoms with Gasteiger partial charge in [0, 0.05) is 22.9 Å². The fourth-order valence-corrected chi connectivity index (χ4v) is 3.04. The highest BCUT2D eigenvalue weighted by atomic mass is 79.9. The number of carbonyl (C=O) groups excluding carboxylic acids is 3. The van der Waals surface area contributed by atoms with Crippen molar-refractivity contribution < 1.29 is 28.6 Å². The van der Waals surface area contributed by atoms with Gasteiger partial charge >= 0.3 is 11.9 Å². The van der Waals surface area contributed by atoms with E-state index in [9.17, 15) is 14.4 Å². The van der Waals surface area contributed by atoms with Crippen molar-refractivity contribution in [1.29, 1.82) is 0 Å². The Balaban J connectivity index is 2.57. The molecule has 0 fully saturated rings. The molecule has 0 spiro atoms. The third-order valence-electron chi connectivity index (χ3n) is 3.61. The zero-order chi connectivity index (χ0) is 19.3. The van der Waals surface area contributed by atoms with Crippen LogP contribution in [0.1, 0.15) is 38.7 Å². The van der Waals surface area contributed by atoms with Gasteiger partial charge in [0.2, 0.25) is 11.8 Å². The molecule has 8 heteroatoms. The van der Waals surface area contributed by atoms with Gasteiger partial charge in [-0.1, -0.05) is 15.9 Å². The van der Waals surface area contributed by atoms with Gasteiger partial charge in [0.25, 0.3) is 0 Å². The van der Waals surface area contributed by atoms with Crippen LogP contribution in [-0.2, 0) is 23.9 Å². The first kappa shape index (κ1) is 20.0. The van der Waals surface area contributed by atoms with E-state index in [1.165, 1.54) is 6.92 Å². The number of nitrogens with one attached hydrogen (secondary N) is 1. The molecule has 0 radical (unpaired) electrons. The van der Waals surface area contributed by atoms with E-state index in [0.29, 0.717) is 11.3 Å². The molecule has 1 N–H and O–H groups in total. The molecule has 1 unspecified atom stereocenters. The van der Waals surface area contributed by atoms with Crippen molar-refractivity contribution in [3.63, 3.8) is 0 Å². The number of hydrogen-bond acceptors (Lipinski definition) is 6. The molecule has 1 aromatic carbocycles. The molecule has 0 aromatic heterocycles. The van der Waals surface area contributed by atoms with Crippen molar-refractivity contribution in [2.24, 2.45) is 0 Å². The second-order valence-electron chi connectivity index (χ2n) is 5.49. The lowest BCUT2D eigenvalue weighted by Gasteiger charge is -2.29. The quantitative estimate of drug-likeness (QED) is 0.704. The number of carbonyl (C=O) groups is 3. The average molecular weight is 426 g/mol. The number of benzene rings is 1. The molecule has 1 atom stereocenters. The Bertz CT molecular complexity index is 758. The van der Waals surface area contributed by atoms with Crippen LogP contribution in [0.2, 0.25) is 0 Å². The van der Waals surface area contributed by atoms with Crippen LogP contribution < -0.4 is 10.1 Å². The smallest absolute Gasteiger partial charge is 0.340 e. The molecule has 140 valence electrons. The van der Waals surface area contributed by atoms with E-state index >= 15 is 0 Å². The summed E-state index contributed by atoms with van der Waals surface area (Å²) in [5.74, 6) is -1.78. The number of rotatable bonds is 6. The SMILES string of the molecule is CCOC(=O)CC1C(C(=O)OCC)=C(NC(C)=O)Oc2ccc(Br)cc21. The van der Waals surface area contributed by atoms with Crippen LogP contribution in [0.3, 0.4) is 0 Å². The molecule has 0 saturated heterocycles. The van der Waals surface area contributed by atoms with Crippen LogP contribution in [0, 0.1) is 0 Å². The number of halogens is 1. The molecule has 1 aromatic rings. The van der Waals surface area contributed by atoms with Gasteiger partial charge in [-0.2, -0.15) is 0 Å². The van der Waals surface area contributed by atoms with Gasteiger partial charge in [0.15, 0.2) is 0 Å². The summed E-state index contributed by atoms with van der Waals surface area (Å²) in [4.78, 5) is 36.2. The van der Waals surface area contributed by atoms with E-state index in [-0.39, 0.29) is 31.1 Å².